The Bertz CT molecular complexity index is 495. The van der Waals surface area contributed by atoms with Crippen molar-refractivity contribution in [3.8, 4) is 0 Å². The second kappa shape index (κ2) is 5.96. The number of ether oxygens (including phenoxy) is 1. The van der Waals surface area contributed by atoms with Crippen LogP contribution in [0.3, 0.4) is 0 Å². The number of carbonyl (C=O) groups is 2. The van der Waals surface area contributed by atoms with E-state index in [-0.39, 0.29) is 12.1 Å². The lowest BCUT2D eigenvalue weighted by atomic mass is 9.86. The molecular formula is C13H17N3O4. The maximum absolute atomic E-state index is 12.2. The van der Waals surface area contributed by atoms with Gasteiger partial charge in [-0.25, -0.2) is 4.98 Å². The first-order valence-corrected chi connectivity index (χ1v) is 6.41. The molecule has 1 aromatic rings. The molecule has 0 aromatic carbocycles. The third-order valence-electron chi connectivity index (χ3n) is 3.33. The van der Waals surface area contributed by atoms with Gasteiger partial charge in [-0.2, -0.15) is 0 Å². The number of carboxylic acids is 1. The lowest BCUT2D eigenvalue weighted by molar-refractivity contribution is -0.139. The maximum atomic E-state index is 12.2. The van der Waals surface area contributed by atoms with Crippen molar-refractivity contribution >= 4 is 11.9 Å². The summed E-state index contributed by atoms with van der Waals surface area (Å²) in [6.45, 7) is 2.65. The van der Waals surface area contributed by atoms with Crippen molar-refractivity contribution in [2.45, 2.75) is 31.7 Å². The van der Waals surface area contributed by atoms with E-state index in [0.717, 1.165) is 0 Å². The number of aromatic nitrogens is 2. The fourth-order valence-electron chi connectivity index (χ4n) is 2.21. The van der Waals surface area contributed by atoms with E-state index < -0.39 is 17.4 Å². The molecule has 108 valence electrons. The van der Waals surface area contributed by atoms with Crippen LogP contribution >= 0.6 is 0 Å². The highest BCUT2D eigenvalue weighted by Gasteiger charge is 2.36. The van der Waals surface area contributed by atoms with Crippen molar-refractivity contribution in [3.05, 3.63) is 23.8 Å². The zero-order chi connectivity index (χ0) is 14.6. The summed E-state index contributed by atoms with van der Waals surface area (Å²) in [5, 5.41) is 11.8. The Labute approximate surface area is 116 Å². The Morgan fingerprint density at radius 3 is 2.60 bits per heavy atom. The van der Waals surface area contributed by atoms with Gasteiger partial charge in [0.15, 0.2) is 0 Å². The summed E-state index contributed by atoms with van der Waals surface area (Å²) in [6, 6.07) is 0. The molecule has 0 radical (unpaired) electrons. The summed E-state index contributed by atoms with van der Waals surface area (Å²) >= 11 is 0. The molecule has 7 nitrogen and oxygen atoms in total. The van der Waals surface area contributed by atoms with Crippen LogP contribution in [-0.4, -0.2) is 45.7 Å². The van der Waals surface area contributed by atoms with E-state index in [1.165, 1.54) is 12.4 Å². The molecule has 2 rings (SSSR count). The number of rotatable bonds is 4. The van der Waals surface area contributed by atoms with E-state index >= 15 is 0 Å². The van der Waals surface area contributed by atoms with E-state index in [1.54, 1.807) is 6.92 Å². The molecule has 0 unspecified atom stereocenters. The van der Waals surface area contributed by atoms with E-state index in [4.69, 9.17) is 9.84 Å². The second-order valence-corrected chi connectivity index (χ2v) is 4.96. The summed E-state index contributed by atoms with van der Waals surface area (Å²) in [6.07, 6.45) is 3.72. The number of nitrogens with zero attached hydrogens (tertiary/aromatic N) is 2. The molecule has 2 heterocycles. The largest absolute Gasteiger partial charge is 0.481 e. The van der Waals surface area contributed by atoms with E-state index in [1.807, 2.05) is 0 Å². The lowest BCUT2D eigenvalue weighted by Gasteiger charge is -2.36. The standard InChI is InChI=1S/C13H17N3O4/c1-9-7-15-10(8-14-9)12(19)16-13(6-11(17)18)2-4-20-5-3-13/h7-8H,2-6H2,1H3,(H,16,19)(H,17,18). The predicted molar refractivity (Wildman–Crippen MR) is 69.3 cm³/mol. The summed E-state index contributed by atoms with van der Waals surface area (Å²) in [4.78, 5) is 31.2. The smallest absolute Gasteiger partial charge is 0.305 e. The van der Waals surface area contributed by atoms with Gasteiger partial charge in [0.1, 0.15) is 5.69 Å². The van der Waals surface area contributed by atoms with E-state index in [9.17, 15) is 9.59 Å². The molecule has 0 saturated carbocycles. The fraction of sp³-hybridized carbons (Fsp3) is 0.538. The molecule has 0 aliphatic carbocycles. The normalized spacial score (nSPS) is 17.4. The Hall–Kier alpha value is -2.02. The first kappa shape index (κ1) is 14.4. The monoisotopic (exact) mass is 279 g/mol. The second-order valence-electron chi connectivity index (χ2n) is 4.96. The third kappa shape index (κ3) is 3.51. The van der Waals surface area contributed by atoms with Gasteiger partial charge in [-0.15, -0.1) is 0 Å². The van der Waals surface area contributed by atoms with Gasteiger partial charge in [0.05, 0.1) is 23.9 Å². The Morgan fingerprint density at radius 2 is 2.05 bits per heavy atom. The van der Waals surface area contributed by atoms with Crippen molar-refractivity contribution < 1.29 is 19.4 Å². The zero-order valence-electron chi connectivity index (χ0n) is 11.3. The van der Waals surface area contributed by atoms with Gasteiger partial charge in [-0.3, -0.25) is 14.6 Å². The Morgan fingerprint density at radius 1 is 1.35 bits per heavy atom. The molecule has 1 aliphatic rings. The van der Waals surface area contributed by atoms with Crippen LogP contribution in [-0.2, 0) is 9.53 Å². The highest BCUT2D eigenvalue weighted by atomic mass is 16.5. The van der Waals surface area contributed by atoms with Crippen LogP contribution in [0.25, 0.3) is 0 Å². The number of hydrogen-bond acceptors (Lipinski definition) is 5. The molecule has 1 amide bonds. The minimum absolute atomic E-state index is 0.124. The predicted octanol–water partition coefficient (Wildman–Crippen LogP) is 0.539. The highest BCUT2D eigenvalue weighted by molar-refractivity contribution is 5.92. The molecule has 1 aromatic heterocycles. The highest BCUT2D eigenvalue weighted by Crippen LogP contribution is 2.25. The first-order valence-electron chi connectivity index (χ1n) is 6.41. The SMILES string of the molecule is Cc1cnc(C(=O)NC2(CC(=O)O)CCOCC2)cn1. The molecule has 1 fully saturated rings. The fourth-order valence-corrected chi connectivity index (χ4v) is 2.21. The number of carbonyl (C=O) groups excluding carboxylic acids is 1. The number of aryl methyl sites for hydroxylation is 1. The first-order chi connectivity index (χ1) is 9.51. The number of carboxylic acid groups (broad SMARTS) is 1. The summed E-state index contributed by atoms with van der Waals surface area (Å²) < 4.78 is 5.24. The zero-order valence-corrected chi connectivity index (χ0v) is 11.3. The number of aliphatic carboxylic acids is 1. The van der Waals surface area contributed by atoms with Crippen LogP contribution in [0.1, 0.15) is 35.4 Å². The van der Waals surface area contributed by atoms with Crippen LogP contribution in [0.2, 0.25) is 0 Å². The molecule has 0 bridgehead atoms. The average Bonchev–Trinajstić information content (AvgIpc) is 2.39. The summed E-state index contributed by atoms with van der Waals surface area (Å²) in [7, 11) is 0. The molecular weight excluding hydrogens is 262 g/mol. The van der Waals surface area contributed by atoms with Crippen molar-refractivity contribution in [2.75, 3.05) is 13.2 Å². The van der Waals surface area contributed by atoms with Crippen LogP contribution in [0, 0.1) is 6.92 Å². The maximum Gasteiger partial charge on any atom is 0.305 e. The summed E-state index contributed by atoms with van der Waals surface area (Å²) in [5.74, 6) is -1.34. The Kier molecular flexibility index (Phi) is 4.29. The van der Waals surface area contributed by atoms with Crippen molar-refractivity contribution in [1.82, 2.24) is 15.3 Å². The number of hydrogen-bond donors (Lipinski definition) is 2. The van der Waals surface area contributed by atoms with Crippen LogP contribution in [0.15, 0.2) is 12.4 Å². The van der Waals surface area contributed by atoms with Crippen molar-refractivity contribution in [2.24, 2.45) is 0 Å². The lowest BCUT2D eigenvalue weighted by Crippen LogP contribution is -2.53. The van der Waals surface area contributed by atoms with Crippen molar-refractivity contribution in [3.63, 3.8) is 0 Å². The van der Waals surface area contributed by atoms with Crippen LogP contribution in [0.4, 0.5) is 0 Å². The van der Waals surface area contributed by atoms with Gasteiger partial charge < -0.3 is 15.2 Å². The molecule has 7 heteroatoms. The van der Waals surface area contributed by atoms with E-state index in [0.29, 0.717) is 31.7 Å². The van der Waals surface area contributed by atoms with Crippen molar-refractivity contribution in [1.29, 1.82) is 0 Å². The number of amides is 1. The van der Waals surface area contributed by atoms with E-state index in [2.05, 4.69) is 15.3 Å². The molecule has 0 spiro atoms. The van der Waals surface area contributed by atoms with Gasteiger partial charge in [0.2, 0.25) is 0 Å². The molecule has 0 atom stereocenters. The molecule has 2 N–H and O–H groups in total. The van der Waals surface area contributed by atoms with Gasteiger partial charge >= 0.3 is 5.97 Å². The van der Waals surface area contributed by atoms with Gasteiger partial charge in [-0.1, -0.05) is 0 Å². The van der Waals surface area contributed by atoms with Crippen LogP contribution < -0.4 is 5.32 Å². The minimum atomic E-state index is -0.942. The number of nitrogens with one attached hydrogen (secondary N) is 1. The molecule has 1 saturated heterocycles. The third-order valence-corrected chi connectivity index (χ3v) is 3.33. The van der Waals surface area contributed by atoms with Gasteiger partial charge in [-0.05, 0) is 19.8 Å². The average molecular weight is 279 g/mol. The quantitative estimate of drug-likeness (QED) is 0.834. The van der Waals surface area contributed by atoms with Crippen LogP contribution in [0.5, 0.6) is 0 Å². The topological polar surface area (TPSA) is 101 Å². The van der Waals surface area contributed by atoms with Gasteiger partial charge in [0.25, 0.3) is 5.91 Å². The molecule has 20 heavy (non-hydrogen) atoms. The Balaban J connectivity index is 2.12. The van der Waals surface area contributed by atoms with Gasteiger partial charge in [0, 0.05) is 19.4 Å². The summed E-state index contributed by atoms with van der Waals surface area (Å²) in [5.41, 5.74) is 0.132. The minimum Gasteiger partial charge on any atom is -0.481 e. The molecule has 1 aliphatic heterocycles.